The molecule has 2 atom stereocenters. The molecule has 0 saturated carbocycles. The second kappa shape index (κ2) is 8.20. The largest absolute Gasteiger partial charge is 0.322 e. The highest BCUT2D eigenvalue weighted by Crippen LogP contribution is 2.29. The van der Waals surface area contributed by atoms with E-state index in [1.54, 1.807) is 11.0 Å². The first-order valence-electron chi connectivity index (χ1n) is 10.7. The summed E-state index contributed by atoms with van der Waals surface area (Å²) < 4.78 is 1.92. The number of hydrogen-bond acceptors (Lipinski definition) is 7. The van der Waals surface area contributed by atoms with Gasteiger partial charge in [0, 0.05) is 38.2 Å². The van der Waals surface area contributed by atoms with Crippen LogP contribution in [0.2, 0.25) is 0 Å². The minimum Gasteiger partial charge on any atom is -0.322 e. The van der Waals surface area contributed by atoms with E-state index >= 15 is 0 Å². The zero-order valence-corrected chi connectivity index (χ0v) is 17.1. The average molecular weight is 423 g/mol. The number of nitrogens with zero attached hydrogens (tertiary/aromatic N) is 4. The highest BCUT2D eigenvalue weighted by molar-refractivity contribution is 6.05. The van der Waals surface area contributed by atoms with E-state index in [-0.39, 0.29) is 18.2 Å². The third-order valence-electron chi connectivity index (χ3n) is 6.27. The summed E-state index contributed by atoms with van der Waals surface area (Å²) >= 11 is 0. The normalized spacial score (nSPS) is 23.4. The van der Waals surface area contributed by atoms with Gasteiger partial charge < -0.3 is 15.5 Å². The first-order chi connectivity index (χ1) is 15.1. The van der Waals surface area contributed by atoms with Crippen LogP contribution in [0.25, 0.3) is 0 Å². The molecule has 10 nitrogen and oxygen atoms in total. The third kappa shape index (κ3) is 3.84. The van der Waals surface area contributed by atoms with Gasteiger partial charge in [-0.2, -0.15) is 0 Å². The first kappa shape index (κ1) is 19.8. The van der Waals surface area contributed by atoms with Crippen molar-refractivity contribution in [2.24, 2.45) is 0 Å². The predicted octanol–water partition coefficient (Wildman–Crippen LogP) is -0.137. The lowest BCUT2D eigenvalue weighted by atomic mass is 10.0. The van der Waals surface area contributed by atoms with Crippen molar-refractivity contribution >= 4 is 17.7 Å². The van der Waals surface area contributed by atoms with Gasteiger partial charge in [0.1, 0.15) is 6.04 Å². The Hall–Kier alpha value is -3.11. The Kier molecular flexibility index (Phi) is 5.24. The minimum absolute atomic E-state index is 0.153. The fourth-order valence-corrected chi connectivity index (χ4v) is 4.58. The molecular formula is C21H25N7O3. The zero-order valence-electron chi connectivity index (χ0n) is 17.1. The van der Waals surface area contributed by atoms with Crippen molar-refractivity contribution in [1.29, 1.82) is 0 Å². The van der Waals surface area contributed by atoms with Gasteiger partial charge in [0.2, 0.25) is 11.8 Å². The average Bonchev–Trinajstić information content (AvgIpc) is 3.49. The van der Waals surface area contributed by atoms with E-state index in [1.807, 2.05) is 23.0 Å². The van der Waals surface area contributed by atoms with Crippen molar-refractivity contribution in [3.8, 4) is 0 Å². The fraction of sp³-hybridized carbons (Fsp3) is 0.476. The van der Waals surface area contributed by atoms with Gasteiger partial charge in [-0.25, -0.2) is 4.68 Å². The van der Waals surface area contributed by atoms with Crippen LogP contribution in [0, 0.1) is 0 Å². The Morgan fingerprint density at radius 1 is 1.16 bits per heavy atom. The molecule has 1 aromatic carbocycles. The molecule has 0 spiro atoms. The Morgan fingerprint density at radius 2 is 2.06 bits per heavy atom. The number of nitrogens with one attached hydrogen (secondary N) is 3. The molecule has 1 aromatic heterocycles. The molecular weight excluding hydrogens is 398 g/mol. The van der Waals surface area contributed by atoms with Crippen molar-refractivity contribution in [2.75, 3.05) is 13.1 Å². The number of piperidine rings is 1. The lowest BCUT2D eigenvalue weighted by Gasteiger charge is -2.29. The van der Waals surface area contributed by atoms with Crippen LogP contribution in [0.5, 0.6) is 0 Å². The maximum absolute atomic E-state index is 12.9. The van der Waals surface area contributed by atoms with Gasteiger partial charge >= 0.3 is 0 Å². The van der Waals surface area contributed by atoms with E-state index < -0.39 is 11.9 Å². The van der Waals surface area contributed by atoms with Crippen LogP contribution in [0.4, 0.5) is 0 Å². The monoisotopic (exact) mass is 423 g/mol. The fourth-order valence-electron chi connectivity index (χ4n) is 4.58. The van der Waals surface area contributed by atoms with Crippen molar-refractivity contribution in [1.82, 2.24) is 35.8 Å². The van der Waals surface area contributed by atoms with E-state index in [2.05, 4.69) is 26.3 Å². The first-order valence-corrected chi connectivity index (χ1v) is 10.7. The molecule has 4 heterocycles. The molecule has 2 aromatic rings. The summed E-state index contributed by atoms with van der Waals surface area (Å²) in [6.07, 6.45) is 3.66. The molecule has 3 amide bonds. The van der Waals surface area contributed by atoms with Gasteiger partial charge in [-0.1, -0.05) is 17.3 Å². The van der Waals surface area contributed by atoms with Crippen LogP contribution in [0.15, 0.2) is 24.4 Å². The molecule has 2 unspecified atom stereocenters. The SMILES string of the molecule is O=C1CCC(N2Cc3c(CNCc4cn(C5CCNC5)nn4)cccc3C2=O)C(=O)N1. The second-order valence-corrected chi connectivity index (χ2v) is 8.28. The van der Waals surface area contributed by atoms with Gasteiger partial charge in [-0.05, 0) is 36.6 Å². The summed E-state index contributed by atoms with van der Waals surface area (Å²) in [7, 11) is 0. The molecule has 2 saturated heterocycles. The number of imide groups is 1. The quantitative estimate of drug-likeness (QED) is 0.553. The summed E-state index contributed by atoms with van der Waals surface area (Å²) in [6, 6.07) is 5.43. The van der Waals surface area contributed by atoms with Gasteiger partial charge in [-0.15, -0.1) is 5.10 Å². The number of carbonyl (C=O) groups is 3. The maximum atomic E-state index is 12.9. The Morgan fingerprint density at radius 3 is 2.87 bits per heavy atom. The van der Waals surface area contributed by atoms with E-state index in [4.69, 9.17) is 0 Å². The lowest BCUT2D eigenvalue weighted by Crippen LogP contribution is -2.52. The van der Waals surface area contributed by atoms with E-state index in [9.17, 15) is 14.4 Å². The third-order valence-corrected chi connectivity index (χ3v) is 6.27. The van der Waals surface area contributed by atoms with Crippen molar-refractivity contribution < 1.29 is 14.4 Å². The number of amides is 3. The van der Waals surface area contributed by atoms with Gasteiger partial charge in [0.25, 0.3) is 5.91 Å². The number of hydrogen-bond donors (Lipinski definition) is 3. The van der Waals surface area contributed by atoms with Crippen LogP contribution in [0.1, 0.15) is 52.5 Å². The van der Waals surface area contributed by atoms with Crippen LogP contribution < -0.4 is 16.0 Å². The second-order valence-electron chi connectivity index (χ2n) is 8.28. The molecule has 31 heavy (non-hydrogen) atoms. The van der Waals surface area contributed by atoms with Crippen molar-refractivity contribution in [3.05, 3.63) is 46.8 Å². The Labute approximate surface area is 179 Å². The molecule has 162 valence electrons. The molecule has 3 aliphatic heterocycles. The number of benzene rings is 1. The topological polar surface area (TPSA) is 121 Å². The number of carbonyl (C=O) groups excluding carboxylic acids is 3. The lowest BCUT2D eigenvalue weighted by molar-refractivity contribution is -0.136. The Balaban J connectivity index is 1.23. The van der Waals surface area contributed by atoms with Crippen molar-refractivity contribution in [3.63, 3.8) is 0 Å². The summed E-state index contributed by atoms with van der Waals surface area (Å²) in [5.41, 5.74) is 3.46. The van der Waals surface area contributed by atoms with Crippen LogP contribution in [-0.4, -0.2) is 56.7 Å². The molecule has 0 aliphatic carbocycles. The molecule has 10 heteroatoms. The van der Waals surface area contributed by atoms with Crippen LogP contribution >= 0.6 is 0 Å². The summed E-state index contributed by atoms with van der Waals surface area (Å²) in [5, 5.41) is 17.5. The molecule has 3 N–H and O–H groups in total. The standard InChI is InChI=1S/C21H25N7O3/c29-19-5-4-18(20(30)24-19)27-12-17-13(2-1-3-16(17)21(27)31)8-23-9-14-11-28(26-25-14)15-6-7-22-10-15/h1-3,11,15,18,22-23H,4-10,12H2,(H,24,29,30). The zero-order chi connectivity index (χ0) is 21.4. The van der Waals surface area contributed by atoms with Crippen molar-refractivity contribution in [2.45, 2.75) is 51.0 Å². The summed E-state index contributed by atoms with van der Waals surface area (Å²) in [5.74, 6) is -0.825. The van der Waals surface area contributed by atoms with E-state index in [0.717, 1.165) is 36.3 Å². The van der Waals surface area contributed by atoms with E-state index in [1.165, 1.54) is 0 Å². The number of rotatable bonds is 6. The van der Waals surface area contributed by atoms with Crippen LogP contribution in [-0.2, 0) is 29.2 Å². The van der Waals surface area contributed by atoms with Crippen LogP contribution in [0.3, 0.4) is 0 Å². The number of fused-ring (bicyclic) bond motifs is 1. The van der Waals surface area contributed by atoms with E-state index in [0.29, 0.717) is 37.7 Å². The minimum atomic E-state index is -0.599. The summed E-state index contributed by atoms with van der Waals surface area (Å²) in [4.78, 5) is 38.2. The molecule has 5 rings (SSSR count). The molecule has 2 fully saturated rings. The Bertz CT molecular complexity index is 1030. The summed E-state index contributed by atoms with van der Waals surface area (Å²) in [6.45, 7) is 3.46. The van der Waals surface area contributed by atoms with Gasteiger partial charge in [0.05, 0.1) is 17.9 Å². The van der Waals surface area contributed by atoms with Gasteiger partial charge in [-0.3, -0.25) is 19.7 Å². The predicted molar refractivity (Wildman–Crippen MR) is 110 cm³/mol. The molecule has 0 radical (unpaired) electrons. The number of aromatic nitrogens is 3. The molecule has 0 bridgehead atoms. The maximum Gasteiger partial charge on any atom is 0.255 e. The van der Waals surface area contributed by atoms with Gasteiger partial charge in [0.15, 0.2) is 0 Å². The highest BCUT2D eigenvalue weighted by atomic mass is 16.2. The molecule has 3 aliphatic rings. The highest BCUT2D eigenvalue weighted by Gasteiger charge is 2.39. The smallest absolute Gasteiger partial charge is 0.255 e.